The number of nitrogens with zero attached hydrogens (tertiary/aromatic N) is 3. The van der Waals surface area contributed by atoms with Crippen LogP contribution in [0.25, 0.3) is 5.57 Å². The van der Waals surface area contributed by atoms with E-state index < -0.39 is 0 Å². The van der Waals surface area contributed by atoms with E-state index in [1.807, 2.05) is 13.8 Å². The van der Waals surface area contributed by atoms with Crippen LogP contribution in [0.5, 0.6) is 0 Å². The van der Waals surface area contributed by atoms with Gasteiger partial charge >= 0.3 is 0 Å². The summed E-state index contributed by atoms with van der Waals surface area (Å²) in [4.78, 5) is 11.7. The average Bonchev–Trinajstić information content (AvgIpc) is 2.84. The van der Waals surface area contributed by atoms with Gasteiger partial charge in [0.15, 0.2) is 0 Å². The summed E-state index contributed by atoms with van der Waals surface area (Å²) in [5.41, 5.74) is 5.70. The second-order valence-electron chi connectivity index (χ2n) is 4.89. The van der Waals surface area contributed by atoms with Gasteiger partial charge in [0, 0.05) is 30.8 Å². The highest BCUT2D eigenvalue weighted by atomic mass is 15.2. The van der Waals surface area contributed by atoms with Crippen LogP contribution in [0.4, 0.5) is 0 Å². The number of aromatic nitrogens is 2. The number of hydrogen-bond acceptors (Lipinski definition) is 3. The maximum absolute atomic E-state index is 4.72. The Morgan fingerprint density at radius 1 is 1.12 bits per heavy atom. The lowest BCUT2D eigenvalue weighted by Gasteiger charge is -2.15. The van der Waals surface area contributed by atoms with Crippen LogP contribution in [-0.4, -0.2) is 28.0 Å². The van der Waals surface area contributed by atoms with Crippen molar-refractivity contribution in [2.45, 2.75) is 27.2 Å². The minimum Gasteiger partial charge on any atom is -0.376 e. The molecule has 3 nitrogen and oxygen atoms in total. The Labute approximate surface area is 96.2 Å². The van der Waals surface area contributed by atoms with E-state index >= 15 is 0 Å². The molecule has 0 saturated carbocycles. The molecule has 84 valence electrons. The molecular weight excluding hydrogens is 198 g/mol. The van der Waals surface area contributed by atoms with Gasteiger partial charge in [0.05, 0.1) is 22.8 Å². The van der Waals surface area contributed by atoms with Crippen molar-refractivity contribution in [1.82, 2.24) is 14.9 Å². The van der Waals surface area contributed by atoms with E-state index in [0.717, 1.165) is 22.8 Å². The molecule has 2 bridgehead atoms. The minimum atomic E-state index is 0.690. The largest absolute Gasteiger partial charge is 0.376 e. The lowest BCUT2D eigenvalue weighted by atomic mass is 9.95. The number of fused-ring (bicyclic) bond motifs is 2. The molecule has 1 saturated heterocycles. The van der Waals surface area contributed by atoms with Crippen LogP contribution in [0, 0.1) is 26.7 Å². The molecule has 0 spiro atoms. The van der Waals surface area contributed by atoms with Crippen LogP contribution >= 0.6 is 0 Å². The first-order valence-corrected chi connectivity index (χ1v) is 5.93. The predicted octanol–water partition coefficient (Wildman–Crippen LogP) is 2.08. The number of hydrogen-bond donors (Lipinski definition) is 0. The van der Waals surface area contributed by atoms with Crippen LogP contribution in [0.15, 0.2) is 6.20 Å². The smallest absolute Gasteiger partial charge is 0.0895 e. The molecule has 0 aliphatic carbocycles. The van der Waals surface area contributed by atoms with Crippen LogP contribution in [-0.2, 0) is 0 Å². The lowest BCUT2D eigenvalue weighted by Crippen LogP contribution is -2.09. The van der Waals surface area contributed by atoms with E-state index in [2.05, 4.69) is 23.0 Å². The van der Waals surface area contributed by atoms with Gasteiger partial charge in [-0.1, -0.05) is 0 Å². The van der Waals surface area contributed by atoms with Gasteiger partial charge < -0.3 is 4.90 Å². The first-order valence-electron chi connectivity index (χ1n) is 5.93. The molecule has 3 heteroatoms. The summed E-state index contributed by atoms with van der Waals surface area (Å²) in [5.74, 6) is 0.690. The maximum atomic E-state index is 4.72. The summed E-state index contributed by atoms with van der Waals surface area (Å²) < 4.78 is 0. The summed E-state index contributed by atoms with van der Waals surface area (Å²) in [5, 5.41) is 0. The van der Waals surface area contributed by atoms with Gasteiger partial charge in [-0.25, -0.2) is 4.98 Å². The molecule has 0 radical (unpaired) electrons. The molecular formula is C13H17N3. The molecule has 3 heterocycles. The molecule has 1 unspecified atom stereocenters. The second kappa shape index (κ2) is 3.30. The fraction of sp³-hybridized carbons (Fsp3) is 0.538. The van der Waals surface area contributed by atoms with Gasteiger partial charge in [0.2, 0.25) is 0 Å². The van der Waals surface area contributed by atoms with E-state index in [1.54, 1.807) is 0 Å². The van der Waals surface area contributed by atoms with Gasteiger partial charge in [-0.15, -0.1) is 0 Å². The summed E-state index contributed by atoms with van der Waals surface area (Å²) >= 11 is 0. The zero-order valence-electron chi connectivity index (χ0n) is 10.1. The Morgan fingerprint density at radius 2 is 1.88 bits per heavy atom. The third-order valence-electron chi connectivity index (χ3n) is 3.74. The van der Waals surface area contributed by atoms with Crippen molar-refractivity contribution in [2.24, 2.45) is 5.92 Å². The molecule has 16 heavy (non-hydrogen) atoms. The van der Waals surface area contributed by atoms with Crippen LogP contribution in [0.3, 0.4) is 0 Å². The van der Waals surface area contributed by atoms with Gasteiger partial charge in [0.1, 0.15) is 0 Å². The van der Waals surface area contributed by atoms with Gasteiger partial charge in [-0.3, -0.25) is 4.98 Å². The predicted molar refractivity (Wildman–Crippen MR) is 63.9 cm³/mol. The van der Waals surface area contributed by atoms with Crippen molar-refractivity contribution in [3.63, 3.8) is 0 Å². The molecule has 1 fully saturated rings. The monoisotopic (exact) mass is 215 g/mol. The molecule has 2 aliphatic rings. The zero-order valence-corrected chi connectivity index (χ0v) is 10.1. The van der Waals surface area contributed by atoms with Gasteiger partial charge in [-0.05, 0) is 27.2 Å². The zero-order chi connectivity index (χ0) is 11.3. The van der Waals surface area contributed by atoms with Crippen LogP contribution < -0.4 is 0 Å². The lowest BCUT2D eigenvalue weighted by molar-refractivity contribution is 0.479. The standard InChI is InChI=1S/C13H17N3/c1-8-9(2)15-13(10(3)14-8)12-7-16-5-4-11(12)6-16/h7,11H,4-6H2,1-3H3. The SMILES string of the molecule is Cc1nc(C)c(C2=CN3CCC2C3)nc1C. The normalized spacial score (nSPS) is 22.8. The number of aryl methyl sites for hydroxylation is 3. The highest BCUT2D eigenvalue weighted by Gasteiger charge is 2.32. The fourth-order valence-corrected chi connectivity index (χ4v) is 2.70. The van der Waals surface area contributed by atoms with Crippen molar-refractivity contribution in [3.8, 4) is 0 Å². The second-order valence-corrected chi connectivity index (χ2v) is 4.89. The first-order chi connectivity index (χ1) is 7.65. The van der Waals surface area contributed by atoms with Crippen molar-refractivity contribution in [1.29, 1.82) is 0 Å². The highest BCUT2D eigenvalue weighted by Crippen LogP contribution is 2.37. The molecule has 0 aromatic carbocycles. The topological polar surface area (TPSA) is 29.0 Å². The van der Waals surface area contributed by atoms with Crippen LogP contribution in [0.2, 0.25) is 0 Å². The van der Waals surface area contributed by atoms with E-state index in [4.69, 9.17) is 4.98 Å². The molecule has 1 atom stereocenters. The van der Waals surface area contributed by atoms with Gasteiger partial charge in [0.25, 0.3) is 0 Å². The minimum absolute atomic E-state index is 0.690. The summed E-state index contributed by atoms with van der Waals surface area (Å²) in [7, 11) is 0. The van der Waals surface area contributed by atoms with Crippen LogP contribution in [0.1, 0.15) is 29.2 Å². The van der Waals surface area contributed by atoms with Crippen molar-refractivity contribution < 1.29 is 0 Å². The molecule has 1 aromatic heterocycles. The Balaban J connectivity index is 2.07. The van der Waals surface area contributed by atoms with Crippen molar-refractivity contribution >= 4 is 5.57 Å². The molecule has 0 N–H and O–H groups in total. The molecule has 0 amide bonds. The summed E-state index contributed by atoms with van der Waals surface area (Å²) in [6.07, 6.45) is 3.56. The summed E-state index contributed by atoms with van der Waals surface area (Å²) in [6, 6.07) is 0. The van der Waals surface area contributed by atoms with E-state index in [9.17, 15) is 0 Å². The highest BCUT2D eigenvalue weighted by molar-refractivity contribution is 5.69. The Hall–Kier alpha value is -1.38. The molecule has 2 aliphatic heterocycles. The first kappa shape index (κ1) is 9.82. The summed E-state index contributed by atoms with van der Waals surface area (Å²) in [6.45, 7) is 8.53. The molecule has 1 aromatic rings. The Bertz CT molecular complexity index is 476. The molecule has 3 rings (SSSR count). The Morgan fingerprint density at radius 3 is 2.50 bits per heavy atom. The maximum Gasteiger partial charge on any atom is 0.0895 e. The van der Waals surface area contributed by atoms with E-state index in [1.165, 1.54) is 25.1 Å². The van der Waals surface area contributed by atoms with Crippen molar-refractivity contribution in [2.75, 3.05) is 13.1 Å². The van der Waals surface area contributed by atoms with E-state index in [-0.39, 0.29) is 0 Å². The quantitative estimate of drug-likeness (QED) is 0.718. The third-order valence-corrected chi connectivity index (χ3v) is 3.74. The van der Waals surface area contributed by atoms with E-state index in [0.29, 0.717) is 5.92 Å². The third kappa shape index (κ3) is 1.34. The number of rotatable bonds is 1. The Kier molecular flexibility index (Phi) is 2.03. The average molecular weight is 215 g/mol. The van der Waals surface area contributed by atoms with Crippen molar-refractivity contribution in [3.05, 3.63) is 29.0 Å². The fourth-order valence-electron chi connectivity index (χ4n) is 2.70. The van der Waals surface area contributed by atoms with Gasteiger partial charge in [-0.2, -0.15) is 0 Å².